The molecule has 3 rings (SSSR count). The van der Waals surface area contributed by atoms with Gasteiger partial charge in [0.1, 0.15) is 0 Å². The number of carbonyl (C=O) groups is 1. The molecule has 1 saturated carbocycles. The van der Waals surface area contributed by atoms with Crippen LogP contribution in [0.15, 0.2) is 29.1 Å². The lowest BCUT2D eigenvalue weighted by Crippen LogP contribution is -2.47. The number of nitrogens with zero attached hydrogens (tertiary/aromatic N) is 1. The average Bonchev–Trinajstić information content (AvgIpc) is 2.78. The normalized spacial score (nSPS) is 26.8. The van der Waals surface area contributed by atoms with Crippen LogP contribution in [0.2, 0.25) is 0 Å². The quantitative estimate of drug-likeness (QED) is 0.925. The fraction of sp³-hybridized carbons (Fsp3) is 0.467. The molecule has 1 heterocycles. The van der Waals surface area contributed by atoms with Crippen molar-refractivity contribution in [1.29, 1.82) is 0 Å². The minimum absolute atomic E-state index is 0.164. The van der Waals surface area contributed by atoms with Gasteiger partial charge in [-0.05, 0) is 43.7 Å². The number of aromatic nitrogens is 1. The van der Waals surface area contributed by atoms with E-state index in [1.807, 2.05) is 18.2 Å². The van der Waals surface area contributed by atoms with E-state index in [0.717, 1.165) is 17.5 Å². The van der Waals surface area contributed by atoms with Gasteiger partial charge in [-0.2, -0.15) is 0 Å². The van der Waals surface area contributed by atoms with Crippen LogP contribution in [0, 0.1) is 5.92 Å². The third-order valence-electron chi connectivity index (χ3n) is 4.38. The lowest BCUT2D eigenvalue weighted by molar-refractivity contribution is -0.149. The molecule has 0 radical (unpaired) electrons. The molecule has 20 heavy (non-hydrogen) atoms. The topological polar surface area (TPSA) is 59.3 Å². The molecular weight excluding hydrogens is 274 g/mol. The van der Waals surface area contributed by atoms with E-state index in [1.165, 1.54) is 15.5 Å². The van der Waals surface area contributed by atoms with Gasteiger partial charge in [-0.3, -0.25) is 4.79 Å². The summed E-state index contributed by atoms with van der Waals surface area (Å²) in [5.41, 5.74) is -1.21. The Hall–Kier alpha value is -1.62. The Morgan fingerprint density at radius 3 is 2.60 bits per heavy atom. The summed E-state index contributed by atoms with van der Waals surface area (Å²) in [5.74, 6) is -0.342. The van der Waals surface area contributed by atoms with E-state index in [9.17, 15) is 14.7 Å². The van der Waals surface area contributed by atoms with Crippen LogP contribution >= 0.6 is 11.5 Å². The van der Waals surface area contributed by atoms with Gasteiger partial charge in [0.05, 0.1) is 10.1 Å². The van der Waals surface area contributed by atoms with Gasteiger partial charge in [0.2, 0.25) is 0 Å². The first kappa shape index (κ1) is 13.4. The molecule has 0 amide bonds. The van der Waals surface area contributed by atoms with Crippen LogP contribution in [0.3, 0.4) is 0 Å². The second-order valence-corrected chi connectivity index (χ2v) is 6.69. The second kappa shape index (κ2) is 4.74. The number of hydrogen-bond acceptors (Lipinski definition) is 3. The highest BCUT2D eigenvalue weighted by atomic mass is 32.1. The minimum Gasteiger partial charge on any atom is -0.479 e. The Balaban J connectivity index is 2.18. The highest BCUT2D eigenvalue weighted by Crippen LogP contribution is 2.39. The van der Waals surface area contributed by atoms with Crippen molar-refractivity contribution in [2.75, 3.05) is 0 Å². The van der Waals surface area contributed by atoms with Gasteiger partial charge in [0, 0.05) is 0 Å². The number of rotatable bonds is 2. The van der Waals surface area contributed by atoms with Crippen LogP contribution in [-0.2, 0) is 10.3 Å². The maximum absolute atomic E-state index is 12.5. The maximum Gasteiger partial charge on any atom is 0.330 e. The molecule has 5 heteroatoms. The van der Waals surface area contributed by atoms with Crippen LogP contribution in [0.5, 0.6) is 0 Å². The zero-order valence-corrected chi connectivity index (χ0v) is 12.2. The van der Waals surface area contributed by atoms with E-state index in [-0.39, 0.29) is 5.56 Å². The molecule has 2 aromatic rings. The summed E-state index contributed by atoms with van der Waals surface area (Å²) in [5, 5.41) is 10.3. The largest absolute Gasteiger partial charge is 0.479 e. The summed E-state index contributed by atoms with van der Waals surface area (Å²) in [6.45, 7) is 2.14. The number of carboxylic acids is 1. The summed E-state index contributed by atoms with van der Waals surface area (Å²) in [7, 11) is 0. The van der Waals surface area contributed by atoms with Crippen LogP contribution in [0.25, 0.3) is 10.1 Å². The molecule has 1 aromatic carbocycles. The van der Waals surface area contributed by atoms with Crippen LogP contribution in [0.4, 0.5) is 0 Å². The maximum atomic E-state index is 12.5. The number of hydrogen-bond donors (Lipinski definition) is 1. The molecule has 0 atom stereocenters. The molecule has 4 nitrogen and oxygen atoms in total. The van der Waals surface area contributed by atoms with Crippen molar-refractivity contribution in [3.8, 4) is 0 Å². The summed E-state index contributed by atoms with van der Waals surface area (Å²) in [6, 6.07) is 7.33. The van der Waals surface area contributed by atoms with E-state index < -0.39 is 11.5 Å². The van der Waals surface area contributed by atoms with Gasteiger partial charge in [-0.15, -0.1) is 0 Å². The first-order chi connectivity index (χ1) is 9.54. The van der Waals surface area contributed by atoms with Crippen molar-refractivity contribution in [2.24, 2.45) is 5.92 Å². The van der Waals surface area contributed by atoms with Gasteiger partial charge >= 0.3 is 5.97 Å². The first-order valence-corrected chi connectivity index (χ1v) is 7.67. The molecular formula is C15H17NO3S. The van der Waals surface area contributed by atoms with Crippen molar-refractivity contribution in [3.63, 3.8) is 0 Å². The number of fused-ring (bicyclic) bond motifs is 1. The highest BCUT2D eigenvalue weighted by Gasteiger charge is 2.44. The first-order valence-electron chi connectivity index (χ1n) is 6.89. The summed E-state index contributed by atoms with van der Waals surface area (Å²) in [4.78, 5) is 24.4. The molecule has 1 N–H and O–H groups in total. The van der Waals surface area contributed by atoms with Crippen molar-refractivity contribution in [1.82, 2.24) is 3.96 Å². The predicted octanol–water partition coefficient (Wildman–Crippen LogP) is 3.05. The van der Waals surface area contributed by atoms with Crippen molar-refractivity contribution in [3.05, 3.63) is 34.6 Å². The van der Waals surface area contributed by atoms with E-state index in [2.05, 4.69) is 6.92 Å². The SMILES string of the molecule is CC1CCC(C(=O)O)(n2sc3ccccc3c2=O)CC1. The Kier molecular flexibility index (Phi) is 3.17. The second-order valence-electron chi connectivity index (χ2n) is 5.71. The third kappa shape index (κ3) is 1.88. The molecule has 1 aliphatic rings. The van der Waals surface area contributed by atoms with Crippen molar-refractivity contribution < 1.29 is 9.90 Å². The molecule has 0 bridgehead atoms. The van der Waals surface area contributed by atoms with Crippen LogP contribution < -0.4 is 5.56 Å². The molecule has 0 spiro atoms. The van der Waals surface area contributed by atoms with E-state index in [1.54, 1.807) is 6.07 Å². The van der Waals surface area contributed by atoms with Gasteiger partial charge < -0.3 is 5.11 Å². The molecule has 106 valence electrons. The lowest BCUT2D eigenvalue weighted by atomic mass is 9.77. The molecule has 0 unspecified atom stereocenters. The fourth-order valence-corrected chi connectivity index (χ4v) is 4.20. The van der Waals surface area contributed by atoms with E-state index >= 15 is 0 Å². The van der Waals surface area contributed by atoms with Crippen LogP contribution in [-0.4, -0.2) is 15.0 Å². The smallest absolute Gasteiger partial charge is 0.330 e. The zero-order chi connectivity index (χ0) is 14.3. The van der Waals surface area contributed by atoms with Gasteiger partial charge in [0.25, 0.3) is 5.56 Å². The Labute approximate surface area is 120 Å². The molecule has 0 aliphatic heterocycles. The standard InChI is InChI=1S/C15H17NO3S/c1-10-6-8-15(9-7-10,14(18)19)16-13(17)11-4-2-3-5-12(11)20-16/h2-5,10H,6-9H2,1H3,(H,18,19). The average molecular weight is 291 g/mol. The lowest BCUT2D eigenvalue weighted by Gasteiger charge is -2.35. The molecule has 0 saturated heterocycles. The van der Waals surface area contributed by atoms with Gasteiger partial charge in [-0.1, -0.05) is 30.6 Å². The third-order valence-corrected chi connectivity index (χ3v) is 5.63. The van der Waals surface area contributed by atoms with E-state index in [0.29, 0.717) is 24.1 Å². The zero-order valence-electron chi connectivity index (χ0n) is 11.3. The molecule has 1 aliphatic carbocycles. The summed E-state index contributed by atoms with van der Waals surface area (Å²) < 4.78 is 2.36. The van der Waals surface area contributed by atoms with Crippen molar-refractivity contribution >= 4 is 27.6 Å². The Bertz CT molecular complexity index is 707. The van der Waals surface area contributed by atoms with Gasteiger partial charge in [0.15, 0.2) is 5.54 Å². The van der Waals surface area contributed by atoms with Gasteiger partial charge in [-0.25, -0.2) is 8.75 Å². The number of benzene rings is 1. The molecule has 1 fully saturated rings. The number of carboxylic acid groups (broad SMARTS) is 1. The fourth-order valence-electron chi connectivity index (χ4n) is 3.00. The molecule has 1 aromatic heterocycles. The van der Waals surface area contributed by atoms with Crippen molar-refractivity contribution in [2.45, 2.75) is 38.1 Å². The number of aliphatic carboxylic acids is 1. The Morgan fingerprint density at radius 1 is 1.35 bits per heavy atom. The summed E-state index contributed by atoms with van der Waals surface area (Å²) >= 11 is 1.28. The van der Waals surface area contributed by atoms with E-state index in [4.69, 9.17) is 0 Å². The van der Waals surface area contributed by atoms with Crippen LogP contribution in [0.1, 0.15) is 32.6 Å². The highest BCUT2D eigenvalue weighted by molar-refractivity contribution is 7.14. The summed E-state index contributed by atoms with van der Waals surface area (Å²) in [6.07, 6.45) is 2.78. The minimum atomic E-state index is -1.05. The monoisotopic (exact) mass is 291 g/mol. The Morgan fingerprint density at radius 2 is 2.00 bits per heavy atom. The predicted molar refractivity (Wildman–Crippen MR) is 79.3 cm³/mol.